The Morgan fingerprint density at radius 1 is 1.67 bits per heavy atom. The lowest BCUT2D eigenvalue weighted by molar-refractivity contribution is 0.982. The third kappa shape index (κ3) is 4.81. The van der Waals surface area contributed by atoms with Crippen LogP contribution in [-0.2, 0) is 0 Å². The first-order valence-corrected chi connectivity index (χ1v) is 2.80. The van der Waals surface area contributed by atoms with E-state index in [4.69, 9.17) is 0 Å². The Morgan fingerprint density at radius 2 is 2.33 bits per heavy atom. The number of allylic oxidation sites excluding steroid dienone is 2. The maximum atomic E-state index is 3.89. The molecule has 0 spiro atoms. The molecule has 0 radical (unpaired) electrons. The van der Waals surface area contributed by atoms with Gasteiger partial charge in [-0.3, -0.25) is 4.99 Å². The van der Waals surface area contributed by atoms with Crippen LogP contribution >= 0.6 is 0 Å². The minimum atomic E-state index is 1.04. The van der Waals surface area contributed by atoms with Crippen LogP contribution in [0.2, 0.25) is 0 Å². The zero-order chi connectivity index (χ0) is 7.11. The van der Waals surface area contributed by atoms with Crippen molar-refractivity contribution in [1.29, 1.82) is 0 Å². The van der Waals surface area contributed by atoms with Crippen molar-refractivity contribution >= 4 is 6.21 Å². The van der Waals surface area contributed by atoms with Crippen molar-refractivity contribution in [2.75, 3.05) is 7.05 Å². The number of nitrogens with zero attached hydrogens (tertiary/aromatic N) is 1. The van der Waals surface area contributed by atoms with E-state index in [2.05, 4.69) is 16.9 Å². The molecule has 0 amide bonds. The Bertz CT molecular complexity index is 134. The maximum absolute atomic E-state index is 3.89. The smallest absolute Gasteiger partial charge is 0.0454 e. The lowest BCUT2D eigenvalue weighted by Crippen LogP contribution is -2.00. The van der Waals surface area contributed by atoms with Crippen LogP contribution in [-0.4, -0.2) is 13.3 Å². The van der Waals surface area contributed by atoms with Gasteiger partial charge in [0.25, 0.3) is 0 Å². The molecule has 9 heavy (non-hydrogen) atoms. The summed E-state index contributed by atoms with van der Waals surface area (Å²) < 4.78 is 0. The summed E-state index contributed by atoms with van der Waals surface area (Å²) in [7, 11) is 1.86. The Morgan fingerprint density at radius 3 is 2.78 bits per heavy atom. The van der Waals surface area contributed by atoms with Gasteiger partial charge in [-0.05, 0) is 6.92 Å². The summed E-state index contributed by atoms with van der Waals surface area (Å²) >= 11 is 0. The van der Waals surface area contributed by atoms with Gasteiger partial charge in [0.1, 0.15) is 0 Å². The van der Waals surface area contributed by atoms with Gasteiger partial charge in [-0.1, -0.05) is 12.7 Å². The van der Waals surface area contributed by atoms with E-state index in [9.17, 15) is 0 Å². The highest BCUT2D eigenvalue weighted by Gasteiger charge is 1.74. The average Bonchev–Trinajstić information content (AvgIpc) is 1.89. The predicted octanol–water partition coefficient (Wildman–Crippen LogP) is 1.32. The van der Waals surface area contributed by atoms with Crippen LogP contribution < -0.4 is 5.32 Å². The standard InChI is InChI=1S/C7H12N2/c1-4-5-9-6-7(2)8-3/h4-6,8H,1H2,2-3H3/b7-6-,9-5-. The van der Waals surface area contributed by atoms with E-state index in [1.807, 2.05) is 14.0 Å². The van der Waals surface area contributed by atoms with Gasteiger partial charge in [0.15, 0.2) is 0 Å². The number of hydrogen-bond acceptors (Lipinski definition) is 2. The molecule has 0 saturated heterocycles. The van der Waals surface area contributed by atoms with Crippen molar-refractivity contribution in [1.82, 2.24) is 5.32 Å². The summed E-state index contributed by atoms with van der Waals surface area (Å²) in [5, 5.41) is 2.94. The molecule has 0 aliphatic rings. The Balaban J connectivity index is 3.67. The van der Waals surface area contributed by atoms with Crippen LogP contribution in [0.3, 0.4) is 0 Å². The number of nitrogens with one attached hydrogen (secondary N) is 1. The molecule has 0 aromatic rings. The monoisotopic (exact) mass is 124 g/mol. The molecule has 1 N–H and O–H groups in total. The lowest BCUT2D eigenvalue weighted by Gasteiger charge is -1.92. The van der Waals surface area contributed by atoms with Crippen LogP contribution in [0, 0.1) is 0 Å². The number of rotatable bonds is 3. The van der Waals surface area contributed by atoms with Gasteiger partial charge in [-0.15, -0.1) is 0 Å². The van der Waals surface area contributed by atoms with E-state index in [1.54, 1.807) is 18.5 Å². The normalized spacial score (nSPS) is 12.0. The Hall–Kier alpha value is -1.05. The summed E-state index contributed by atoms with van der Waals surface area (Å²) in [6.45, 7) is 5.43. The fourth-order valence-electron chi connectivity index (χ4n) is 0.280. The molecule has 2 heteroatoms. The molecule has 0 heterocycles. The van der Waals surface area contributed by atoms with Crippen LogP contribution in [0.5, 0.6) is 0 Å². The van der Waals surface area contributed by atoms with Gasteiger partial charge >= 0.3 is 0 Å². The molecule has 0 aliphatic carbocycles. The van der Waals surface area contributed by atoms with Crippen molar-refractivity contribution in [3.8, 4) is 0 Å². The largest absolute Gasteiger partial charge is 0.390 e. The minimum Gasteiger partial charge on any atom is -0.390 e. The highest BCUT2D eigenvalue weighted by molar-refractivity contribution is 5.70. The number of aliphatic imine (C=N–C) groups is 1. The van der Waals surface area contributed by atoms with E-state index in [-0.39, 0.29) is 0 Å². The molecule has 0 aliphatic heterocycles. The molecule has 50 valence electrons. The van der Waals surface area contributed by atoms with Crippen molar-refractivity contribution in [2.24, 2.45) is 4.99 Å². The third-order valence-corrected chi connectivity index (χ3v) is 0.854. The van der Waals surface area contributed by atoms with Crippen molar-refractivity contribution < 1.29 is 0 Å². The first-order valence-electron chi connectivity index (χ1n) is 2.80. The topological polar surface area (TPSA) is 24.4 Å². The highest BCUT2D eigenvalue weighted by atomic mass is 14.8. The van der Waals surface area contributed by atoms with Crippen LogP contribution in [0.1, 0.15) is 6.92 Å². The van der Waals surface area contributed by atoms with Crippen molar-refractivity contribution in [3.63, 3.8) is 0 Å². The molecule has 0 rings (SSSR count). The Kier molecular flexibility index (Phi) is 4.50. The molecule has 2 nitrogen and oxygen atoms in total. The van der Waals surface area contributed by atoms with Gasteiger partial charge in [-0.2, -0.15) is 0 Å². The highest BCUT2D eigenvalue weighted by Crippen LogP contribution is 1.82. The lowest BCUT2D eigenvalue weighted by atomic mass is 10.5. The summed E-state index contributed by atoms with van der Waals surface area (Å²) in [4.78, 5) is 3.89. The second-order valence-corrected chi connectivity index (χ2v) is 1.60. The van der Waals surface area contributed by atoms with Gasteiger partial charge in [0, 0.05) is 25.2 Å². The molecule has 0 atom stereocenters. The van der Waals surface area contributed by atoms with E-state index >= 15 is 0 Å². The summed E-state index contributed by atoms with van der Waals surface area (Å²) in [5.41, 5.74) is 1.04. The van der Waals surface area contributed by atoms with E-state index in [0.717, 1.165) is 5.70 Å². The fraction of sp³-hybridized carbons (Fsp3) is 0.286. The first-order chi connectivity index (χ1) is 4.31. The van der Waals surface area contributed by atoms with Crippen molar-refractivity contribution in [3.05, 3.63) is 24.6 Å². The Labute approximate surface area is 56.0 Å². The van der Waals surface area contributed by atoms with Crippen molar-refractivity contribution in [2.45, 2.75) is 6.92 Å². The molecule has 0 unspecified atom stereocenters. The van der Waals surface area contributed by atoms with Gasteiger partial charge in [0.2, 0.25) is 0 Å². The molecule has 0 aromatic carbocycles. The van der Waals surface area contributed by atoms with E-state index in [0.29, 0.717) is 0 Å². The summed E-state index contributed by atoms with van der Waals surface area (Å²) in [6.07, 6.45) is 5.02. The summed E-state index contributed by atoms with van der Waals surface area (Å²) in [6, 6.07) is 0. The molecule has 0 aromatic heterocycles. The average molecular weight is 124 g/mol. The third-order valence-electron chi connectivity index (χ3n) is 0.854. The quantitative estimate of drug-likeness (QED) is 0.564. The summed E-state index contributed by atoms with van der Waals surface area (Å²) in [5.74, 6) is 0. The molecular formula is C7H12N2. The minimum absolute atomic E-state index is 1.04. The van der Waals surface area contributed by atoms with Crippen LogP contribution in [0.4, 0.5) is 0 Å². The zero-order valence-corrected chi connectivity index (χ0v) is 5.89. The van der Waals surface area contributed by atoms with Gasteiger partial charge < -0.3 is 5.32 Å². The fourth-order valence-corrected chi connectivity index (χ4v) is 0.280. The van der Waals surface area contributed by atoms with Crippen LogP contribution in [0.25, 0.3) is 0 Å². The van der Waals surface area contributed by atoms with Gasteiger partial charge in [-0.25, -0.2) is 0 Å². The molecule has 0 fully saturated rings. The zero-order valence-electron chi connectivity index (χ0n) is 5.89. The van der Waals surface area contributed by atoms with E-state index < -0.39 is 0 Å². The molecule has 0 saturated carbocycles. The second-order valence-electron chi connectivity index (χ2n) is 1.60. The molecular weight excluding hydrogens is 112 g/mol. The molecule has 0 bridgehead atoms. The number of hydrogen-bond donors (Lipinski definition) is 1. The van der Waals surface area contributed by atoms with Crippen LogP contribution in [0.15, 0.2) is 29.5 Å². The maximum Gasteiger partial charge on any atom is 0.0454 e. The van der Waals surface area contributed by atoms with E-state index in [1.165, 1.54) is 0 Å². The SMILES string of the molecule is C=C/C=N\C=C(\C)NC. The van der Waals surface area contributed by atoms with Gasteiger partial charge in [0.05, 0.1) is 0 Å². The first kappa shape index (κ1) is 7.95. The predicted molar refractivity (Wildman–Crippen MR) is 41.5 cm³/mol. The second kappa shape index (κ2) is 5.09.